The molecule has 0 aliphatic rings. The second-order valence-electron chi connectivity index (χ2n) is 3.64. The first-order valence-corrected chi connectivity index (χ1v) is 5.23. The van der Waals surface area contributed by atoms with Gasteiger partial charge in [-0.1, -0.05) is 6.07 Å². The molecule has 0 aromatic heterocycles. The average molecular weight is 224 g/mol. The van der Waals surface area contributed by atoms with Gasteiger partial charge >= 0.3 is 5.69 Å². The van der Waals surface area contributed by atoms with Gasteiger partial charge in [0.2, 0.25) is 0 Å². The minimum Gasteiger partial charge on any atom is -0.487 e. The number of nitrogens with zero attached hydrogens (tertiary/aromatic N) is 1. The van der Waals surface area contributed by atoms with Gasteiger partial charge < -0.3 is 10.1 Å². The predicted octanol–water partition coefficient (Wildman–Crippen LogP) is 2.81. The van der Waals surface area contributed by atoms with Crippen molar-refractivity contribution >= 4 is 11.4 Å². The van der Waals surface area contributed by atoms with Crippen molar-refractivity contribution in [2.24, 2.45) is 0 Å². The van der Waals surface area contributed by atoms with Crippen molar-refractivity contribution in [1.29, 1.82) is 0 Å². The van der Waals surface area contributed by atoms with Crippen LogP contribution in [0.1, 0.15) is 20.8 Å². The monoisotopic (exact) mass is 224 g/mol. The number of nitrogens with one attached hydrogen (secondary N) is 1. The Hall–Kier alpha value is -1.78. The molecular weight excluding hydrogens is 208 g/mol. The van der Waals surface area contributed by atoms with Crippen LogP contribution < -0.4 is 10.1 Å². The van der Waals surface area contributed by atoms with Gasteiger partial charge in [0.15, 0.2) is 5.75 Å². The van der Waals surface area contributed by atoms with Crippen LogP contribution in [0.4, 0.5) is 11.4 Å². The minimum atomic E-state index is -0.421. The molecule has 0 radical (unpaired) electrons. The zero-order valence-electron chi connectivity index (χ0n) is 9.69. The van der Waals surface area contributed by atoms with E-state index in [0.717, 1.165) is 0 Å². The van der Waals surface area contributed by atoms with Crippen LogP contribution >= 0.6 is 0 Å². The zero-order chi connectivity index (χ0) is 12.1. The number of nitro groups is 1. The lowest BCUT2D eigenvalue weighted by molar-refractivity contribution is -0.385. The summed E-state index contributed by atoms with van der Waals surface area (Å²) in [5.41, 5.74) is 0.490. The summed E-state index contributed by atoms with van der Waals surface area (Å²) in [5.74, 6) is 0.304. The summed E-state index contributed by atoms with van der Waals surface area (Å²) in [5, 5.41) is 14.0. The average Bonchev–Trinajstić information content (AvgIpc) is 2.16. The van der Waals surface area contributed by atoms with Crippen molar-refractivity contribution in [3.63, 3.8) is 0 Å². The second kappa shape index (κ2) is 5.34. The highest BCUT2D eigenvalue weighted by Gasteiger charge is 2.20. The van der Waals surface area contributed by atoms with Crippen LogP contribution in [0.15, 0.2) is 18.2 Å². The van der Waals surface area contributed by atoms with Gasteiger partial charge in [0, 0.05) is 6.04 Å². The topological polar surface area (TPSA) is 64.4 Å². The number of anilines is 1. The molecule has 0 atom stereocenters. The summed E-state index contributed by atoms with van der Waals surface area (Å²) < 4.78 is 5.24. The van der Waals surface area contributed by atoms with E-state index >= 15 is 0 Å². The summed E-state index contributed by atoms with van der Waals surface area (Å²) in [6.45, 7) is 6.06. The maximum absolute atomic E-state index is 11.0. The fourth-order valence-corrected chi connectivity index (χ4v) is 1.41. The van der Waals surface area contributed by atoms with Gasteiger partial charge in [0.05, 0.1) is 11.5 Å². The van der Waals surface area contributed by atoms with Crippen LogP contribution in [-0.2, 0) is 0 Å². The number of hydrogen-bond donors (Lipinski definition) is 1. The molecule has 0 unspecified atom stereocenters. The molecule has 0 aliphatic carbocycles. The number of ether oxygens (including phenoxy) is 1. The van der Waals surface area contributed by atoms with E-state index in [4.69, 9.17) is 4.74 Å². The van der Waals surface area contributed by atoms with Crippen molar-refractivity contribution in [3.8, 4) is 5.75 Å². The molecule has 5 nitrogen and oxygen atoms in total. The highest BCUT2D eigenvalue weighted by Crippen LogP contribution is 2.34. The standard InChI is InChI=1S/C11H16N2O3/c1-4-16-10-7-5-6-9(12-8(2)3)11(10)13(14)15/h5-8,12H,4H2,1-3H3. The third-order valence-electron chi connectivity index (χ3n) is 1.93. The SMILES string of the molecule is CCOc1cccc(NC(C)C)c1[N+](=O)[O-]. The number of benzene rings is 1. The Bertz CT molecular complexity index is 377. The molecule has 0 saturated heterocycles. The molecule has 0 amide bonds. The highest BCUT2D eigenvalue weighted by molar-refractivity contribution is 5.68. The molecular formula is C11H16N2O3. The molecule has 0 heterocycles. The van der Waals surface area contributed by atoms with E-state index < -0.39 is 4.92 Å². The molecule has 0 fully saturated rings. The van der Waals surface area contributed by atoms with Crippen molar-refractivity contribution in [2.45, 2.75) is 26.8 Å². The first-order valence-electron chi connectivity index (χ1n) is 5.23. The molecule has 16 heavy (non-hydrogen) atoms. The Balaban J connectivity index is 3.16. The molecule has 1 aromatic carbocycles. The van der Waals surface area contributed by atoms with E-state index in [1.54, 1.807) is 25.1 Å². The van der Waals surface area contributed by atoms with Gasteiger partial charge in [-0.3, -0.25) is 10.1 Å². The van der Waals surface area contributed by atoms with Crippen LogP contribution in [0.5, 0.6) is 5.75 Å². The summed E-state index contributed by atoms with van der Waals surface area (Å²) in [7, 11) is 0. The van der Waals surface area contributed by atoms with Gasteiger partial charge in [-0.25, -0.2) is 0 Å². The predicted molar refractivity (Wildman–Crippen MR) is 63.0 cm³/mol. The Kier molecular flexibility index (Phi) is 4.10. The summed E-state index contributed by atoms with van der Waals surface area (Å²) in [6.07, 6.45) is 0. The van der Waals surface area contributed by atoms with E-state index in [0.29, 0.717) is 18.0 Å². The largest absolute Gasteiger partial charge is 0.487 e. The fourth-order valence-electron chi connectivity index (χ4n) is 1.41. The summed E-state index contributed by atoms with van der Waals surface area (Å²) >= 11 is 0. The number of rotatable bonds is 5. The molecule has 1 rings (SSSR count). The first kappa shape index (κ1) is 12.3. The molecule has 0 aliphatic heterocycles. The number of para-hydroxylation sites is 1. The van der Waals surface area contributed by atoms with Crippen LogP contribution in [0, 0.1) is 10.1 Å². The maximum Gasteiger partial charge on any atom is 0.333 e. The Morgan fingerprint density at radius 2 is 2.19 bits per heavy atom. The van der Waals surface area contributed by atoms with E-state index in [2.05, 4.69) is 5.32 Å². The first-order chi connectivity index (χ1) is 7.56. The molecule has 0 saturated carbocycles. The molecule has 0 bridgehead atoms. The summed E-state index contributed by atoms with van der Waals surface area (Å²) in [4.78, 5) is 10.6. The van der Waals surface area contributed by atoms with E-state index in [9.17, 15) is 10.1 Å². The molecule has 1 N–H and O–H groups in total. The fraction of sp³-hybridized carbons (Fsp3) is 0.455. The zero-order valence-corrected chi connectivity index (χ0v) is 9.69. The van der Waals surface area contributed by atoms with Crippen molar-refractivity contribution in [3.05, 3.63) is 28.3 Å². The number of nitro benzene ring substituents is 1. The van der Waals surface area contributed by atoms with E-state index in [-0.39, 0.29) is 11.7 Å². The second-order valence-corrected chi connectivity index (χ2v) is 3.64. The lowest BCUT2D eigenvalue weighted by Crippen LogP contribution is -2.11. The normalized spacial score (nSPS) is 10.2. The Morgan fingerprint density at radius 3 is 2.69 bits per heavy atom. The highest BCUT2D eigenvalue weighted by atomic mass is 16.6. The van der Waals surface area contributed by atoms with E-state index in [1.165, 1.54) is 0 Å². The van der Waals surface area contributed by atoms with Gasteiger partial charge in [0.25, 0.3) is 0 Å². The maximum atomic E-state index is 11.0. The number of hydrogen-bond acceptors (Lipinski definition) is 4. The quantitative estimate of drug-likeness (QED) is 0.617. The Labute approximate surface area is 94.6 Å². The van der Waals surface area contributed by atoms with Crippen LogP contribution in [0.25, 0.3) is 0 Å². The lowest BCUT2D eigenvalue weighted by atomic mass is 10.2. The van der Waals surface area contributed by atoms with Crippen molar-refractivity contribution in [1.82, 2.24) is 0 Å². The van der Waals surface area contributed by atoms with Gasteiger partial charge in [-0.2, -0.15) is 0 Å². The van der Waals surface area contributed by atoms with Crippen molar-refractivity contribution < 1.29 is 9.66 Å². The van der Waals surface area contributed by atoms with Gasteiger partial charge in [-0.05, 0) is 32.9 Å². The smallest absolute Gasteiger partial charge is 0.333 e. The van der Waals surface area contributed by atoms with Crippen LogP contribution in [-0.4, -0.2) is 17.6 Å². The molecule has 0 spiro atoms. The van der Waals surface area contributed by atoms with Gasteiger partial charge in [-0.15, -0.1) is 0 Å². The van der Waals surface area contributed by atoms with Crippen LogP contribution in [0.3, 0.4) is 0 Å². The molecule has 5 heteroatoms. The van der Waals surface area contributed by atoms with Crippen LogP contribution in [0.2, 0.25) is 0 Å². The van der Waals surface area contributed by atoms with E-state index in [1.807, 2.05) is 13.8 Å². The van der Waals surface area contributed by atoms with Crippen molar-refractivity contribution in [2.75, 3.05) is 11.9 Å². The van der Waals surface area contributed by atoms with Gasteiger partial charge in [0.1, 0.15) is 5.69 Å². The third kappa shape index (κ3) is 2.85. The lowest BCUT2D eigenvalue weighted by Gasteiger charge is -2.12. The third-order valence-corrected chi connectivity index (χ3v) is 1.93. The molecule has 88 valence electrons. The minimum absolute atomic E-state index is 0.00181. The molecule has 1 aromatic rings. The summed E-state index contributed by atoms with van der Waals surface area (Å²) in [6, 6.07) is 5.16. The Morgan fingerprint density at radius 1 is 1.50 bits per heavy atom.